The fourth-order valence-corrected chi connectivity index (χ4v) is 3.72. The predicted octanol–water partition coefficient (Wildman–Crippen LogP) is 2.55. The first-order valence-electron chi connectivity index (χ1n) is 7.68. The normalized spacial score (nSPS) is 15.5. The maximum absolute atomic E-state index is 12.2. The molecule has 0 radical (unpaired) electrons. The maximum Gasteiger partial charge on any atom is 0.339 e. The highest BCUT2D eigenvalue weighted by Gasteiger charge is 2.27. The number of carbonyl (C=O) groups excluding carboxylic acids is 3. The number of nitrogens with zero attached hydrogens (tertiary/aromatic N) is 1. The Morgan fingerprint density at radius 1 is 1.32 bits per heavy atom. The van der Waals surface area contributed by atoms with Gasteiger partial charge in [-0.2, -0.15) is 0 Å². The molecule has 0 aliphatic carbocycles. The first-order valence-corrected chi connectivity index (χ1v) is 9.89. The second kappa shape index (κ2) is 9.53. The first kappa shape index (κ1) is 19.4. The Morgan fingerprint density at radius 3 is 2.80 bits per heavy atom. The van der Waals surface area contributed by atoms with E-state index in [-0.39, 0.29) is 31.4 Å². The summed E-state index contributed by atoms with van der Waals surface area (Å²) in [5.41, 5.74) is 0.499. The molecule has 0 aromatic heterocycles. The van der Waals surface area contributed by atoms with Crippen molar-refractivity contribution >= 4 is 41.4 Å². The van der Waals surface area contributed by atoms with E-state index in [0.717, 1.165) is 4.90 Å². The van der Waals surface area contributed by atoms with Crippen LogP contribution in [0.15, 0.2) is 40.3 Å². The molecule has 1 aliphatic heterocycles. The Bertz CT molecular complexity index is 689. The Labute approximate surface area is 154 Å². The van der Waals surface area contributed by atoms with Crippen LogP contribution in [-0.2, 0) is 19.1 Å². The average Bonchev–Trinajstić information content (AvgIpc) is 2.95. The van der Waals surface area contributed by atoms with Gasteiger partial charge in [-0.1, -0.05) is 23.9 Å². The molecule has 1 amide bonds. The zero-order chi connectivity index (χ0) is 18.2. The molecule has 1 saturated heterocycles. The summed E-state index contributed by atoms with van der Waals surface area (Å²) in [6, 6.07) is 7.19. The van der Waals surface area contributed by atoms with Crippen LogP contribution in [0.5, 0.6) is 0 Å². The zero-order valence-corrected chi connectivity index (χ0v) is 15.7. The highest BCUT2D eigenvalue weighted by molar-refractivity contribution is 8.04. The summed E-state index contributed by atoms with van der Waals surface area (Å²) in [5.74, 6) is -0.786. The third kappa shape index (κ3) is 5.27. The Kier molecular flexibility index (Phi) is 7.39. The number of hydrogen-bond acceptors (Lipinski definition) is 7. The van der Waals surface area contributed by atoms with Crippen molar-refractivity contribution in [3.05, 3.63) is 40.9 Å². The van der Waals surface area contributed by atoms with Crippen molar-refractivity contribution in [3.8, 4) is 0 Å². The number of amides is 1. The fourth-order valence-electron chi connectivity index (χ4n) is 2.17. The number of esters is 2. The van der Waals surface area contributed by atoms with Gasteiger partial charge in [0, 0.05) is 4.90 Å². The molecule has 1 heterocycles. The lowest BCUT2D eigenvalue weighted by Crippen LogP contribution is -2.29. The Hall–Kier alpha value is -1.93. The third-order valence-electron chi connectivity index (χ3n) is 3.31. The Morgan fingerprint density at radius 2 is 2.08 bits per heavy atom. The van der Waals surface area contributed by atoms with Crippen LogP contribution in [-0.4, -0.2) is 54.5 Å². The number of thioether (sulfide) groups is 2. The van der Waals surface area contributed by atoms with Crippen molar-refractivity contribution in [1.29, 1.82) is 0 Å². The molecule has 0 bridgehead atoms. The minimum Gasteiger partial charge on any atom is -0.463 e. The molecule has 0 saturated carbocycles. The lowest BCUT2D eigenvalue weighted by molar-refractivity contribution is -0.137. The van der Waals surface area contributed by atoms with E-state index in [0.29, 0.717) is 10.6 Å². The van der Waals surface area contributed by atoms with Gasteiger partial charge in [0.05, 0.1) is 35.6 Å². The highest BCUT2D eigenvalue weighted by Crippen LogP contribution is 2.28. The van der Waals surface area contributed by atoms with Gasteiger partial charge < -0.3 is 14.4 Å². The lowest BCUT2D eigenvalue weighted by atomic mass is 10.2. The molecule has 1 fully saturated rings. The first-order chi connectivity index (χ1) is 12.1. The summed E-state index contributed by atoms with van der Waals surface area (Å²) in [6.45, 7) is 2.24. The summed E-state index contributed by atoms with van der Waals surface area (Å²) >= 11 is 2.73. The molecule has 25 heavy (non-hydrogen) atoms. The van der Waals surface area contributed by atoms with Gasteiger partial charge in [-0.05, 0) is 25.3 Å². The topological polar surface area (TPSA) is 72.9 Å². The van der Waals surface area contributed by atoms with Gasteiger partial charge in [0.2, 0.25) is 5.91 Å². The molecule has 0 N–H and O–H groups in total. The van der Waals surface area contributed by atoms with Crippen molar-refractivity contribution in [2.45, 2.75) is 11.8 Å². The second-order valence-electron chi connectivity index (χ2n) is 4.90. The van der Waals surface area contributed by atoms with Crippen molar-refractivity contribution in [2.75, 3.05) is 31.8 Å². The van der Waals surface area contributed by atoms with Crippen LogP contribution in [0.25, 0.3) is 0 Å². The molecule has 8 heteroatoms. The minimum atomic E-state index is -0.490. The van der Waals surface area contributed by atoms with E-state index in [1.165, 1.54) is 34.5 Å². The smallest absolute Gasteiger partial charge is 0.339 e. The standard InChI is InChI=1S/C17H19NO5S2/c1-3-22-16(20)10-15-18(14(19)11-25-15)8-9-23-17(21)12-6-4-5-7-13(12)24-2/h4-7,10H,3,8-9,11H2,1-2H3. The van der Waals surface area contributed by atoms with Crippen molar-refractivity contribution < 1.29 is 23.9 Å². The number of ether oxygens (including phenoxy) is 2. The zero-order valence-electron chi connectivity index (χ0n) is 14.0. The van der Waals surface area contributed by atoms with Gasteiger partial charge in [0.15, 0.2) is 0 Å². The van der Waals surface area contributed by atoms with Crippen molar-refractivity contribution in [1.82, 2.24) is 4.90 Å². The van der Waals surface area contributed by atoms with Gasteiger partial charge in [0.25, 0.3) is 0 Å². The van der Waals surface area contributed by atoms with Crippen LogP contribution in [0, 0.1) is 0 Å². The monoisotopic (exact) mass is 381 g/mol. The molecule has 0 atom stereocenters. The van der Waals surface area contributed by atoms with Crippen molar-refractivity contribution in [3.63, 3.8) is 0 Å². The molecule has 2 rings (SSSR count). The third-order valence-corrected chi connectivity index (χ3v) is 5.13. The summed E-state index contributed by atoms with van der Waals surface area (Å²) in [7, 11) is 0. The number of hydrogen-bond donors (Lipinski definition) is 0. The van der Waals surface area contributed by atoms with E-state index in [1.54, 1.807) is 19.1 Å². The summed E-state index contributed by atoms with van der Waals surface area (Å²) in [5, 5.41) is 0.518. The van der Waals surface area contributed by atoms with Gasteiger partial charge in [-0.3, -0.25) is 4.79 Å². The van der Waals surface area contributed by atoms with E-state index in [9.17, 15) is 14.4 Å². The van der Waals surface area contributed by atoms with Crippen LogP contribution in [0.1, 0.15) is 17.3 Å². The quantitative estimate of drug-likeness (QED) is 0.408. The number of benzene rings is 1. The van der Waals surface area contributed by atoms with Crippen molar-refractivity contribution in [2.24, 2.45) is 0 Å². The van der Waals surface area contributed by atoms with Gasteiger partial charge in [-0.15, -0.1) is 11.8 Å². The lowest BCUT2D eigenvalue weighted by Gasteiger charge is -2.17. The Balaban J connectivity index is 1.94. The van der Waals surface area contributed by atoms with Crippen LogP contribution in [0.3, 0.4) is 0 Å². The minimum absolute atomic E-state index is 0.0496. The summed E-state index contributed by atoms with van der Waals surface area (Å²) in [4.78, 5) is 38.0. The van der Waals surface area contributed by atoms with Gasteiger partial charge in [-0.25, -0.2) is 9.59 Å². The van der Waals surface area contributed by atoms with Gasteiger partial charge >= 0.3 is 11.9 Å². The molecule has 1 aliphatic rings. The van der Waals surface area contributed by atoms with E-state index < -0.39 is 11.9 Å². The van der Waals surface area contributed by atoms with Crippen LogP contribution in [0.4, 0.5) is 0 Å². The number of carbonyl (C=O) groups is 3. The largest absolute Gasteiger partial charge is 0.463 e. The van der Waals surface area contributed by atoms with Crippen LogP contribution in [0.2, 0.25) is 0 Å². The summed E-state index contributed by atoms with van der Waals surface area (Å²) < 4.78 is 10.1. The molecule has 1 aromatic carbocycles. The molecular formula is C17H19NO5S2. The predicted molar refractivity (Wildman–Crippen MR) is 97.4 cm³/mol. The molecule has 0 unspecified atom stereocenters. The molecule has 6 nitrogen and oxygen atoms in total. The molecular weight excluding hydrogens is 362 g/mol. The average molecular weight is 381 g/mol. The second-order valence-corrected chi connectivity index (χ2v) is 6.75. The van der Waals surface area contributed by atoms with Crippen LogP contribution >= 0.6 is 23.5 Å². The molecule has 0 spiro atoms. The van der Waals surface area contributed by atoms with E-state index in [1.807, 2.05) is 18.4 Å². The van der Waals surface area contributed by atoms with E-state index in [4.69, 9.17) is 9.47 Å². The van der Waals surface area contributed by atoms with E-state index in [2.05, 4.69) is 0 Å². The van der Waals surface area contributed by atoms with Crippen LogP contribution < -0.4 is 0 Å². The summed E-state index contributed by atoms with van der Waals surface area (Å²) in [6.07, 6.45) is 3.18. The number of rotatable bonds is 7. The fraction of sp³-hybridized carbons (Fsp3) is 0.353. The molecule has 134 valence electrons. The van der Waals surface area contributed by atoms with E-state index >= 15 is 0 Å². The SMILES string of the molecule is CCOC(=O)C=C1SCC(=O)N1CCOC(=O)c1ccccc1SC. The highest BCUT2D eigenvalue weighted by atomic mass is 32.2. The maximum atomic E-state index is 12.2. The molecule has 1 aromatic rings. The van der Waals surface area contributed by atoms with Gasteiger partial charge in [0.1, 0.15) is 6.61 Å².